The highest BCUT2D eigenvalue weighted by molar-refractivity contribution is 7.98. The van der Waals surface area contributed by atoms with Crippen molar-refractivity contribution < 1.29 is 9.50 Å². The quantitative estimate of drug-likeness (QED) is 0.773. The molecule has 1 nitrogen and oxygen atoms in total. The number of aliphatic hydroxyl groups excluding tert-OH is 1. The highest BCUT2D eigenvalue weighted by Crippen LogP contribution is 2.29. The van der Waals surface area contributed by atoms with E-state index < -0.39 is 11.9 Å². The van der Waals surface area contributed by atoms with E-state index in [1.807, 2.05) is 6.26 Å². The van der Waals surface area contributed by atoms with Crippen LogP contribution in [-0.4, -0.2) is 11.4 Å². The van der Waals surface area contributed by atoms with Gasteiger partial charge in [0.25, 0.3) is 0 Å². The number of thioether (sulfide) groups is 1. The molecule has 72 valence electrons. The summed E-state index contributed by atoms with van der Waals surface area (Å²) in [6.07, 6.45) is 1.04. The molecule has 0 heterocycles. The standard InChI is InChI=1S/C9H10ClFOS/c1-5(12)7-3-6(13-2)4-8(10)9(7)11/h3-5,12H,1-2H3. The van der Waals surface area contributed by atoms with Crippen LogP contribution < -0.4 is 0 Å². The van der Waals surface area contributed by atoms with Gasteiger partial charge in [-0.1, -0.05) is 11.6 Å². The van der Waals surface area contributed by atoms with Crippen molar-refractivity contribution in [1.82, 2.24) is 0 Å². The van der Waals surface area contributed by atoms with Gasteiger partial charge in [-0.05, 0) is 25.3 Å². The highest BCUT2D eigenvalue weighted by atomic mass is 35.5. The van der Waals surface area contributed by atoms with Gasteiger partial charge in [0.15, 0.2) is 0 Å². The van der Waals surface area contributed by atoms with Crippen molar-refractivity contribution in [3.05, 3.63) is 28.5 Å². The van der Waals surface area contributed by atoms with Crippen LogP contribution in [0.1, 0.15) is 18.6 Å². The van der Waals surface area contributed by atoms with Crippen LogP contribution in [0.25, 0.3) is 0 Å². The molecular weight excluding hydrogens is 211 g/mol. The summed E-state index contributed by atoms with van der Waals surface area (Å²) < 4.78 is 13.3. The molecule has 1 N–H and O–H groups in total. The molecule has 4 heteroatoms. The molecule has 1 aromatic carbocycles. The lowest BCUT2D eigenvalue weighted by atomic mass is 10.1. The van der Waals surface area contributed by atoms with Crippen LogP contribution in [0.2, 0.25) is 5.02 Å². The molecule has 0 aliphatic rings. The maximum absolute atomic E-state index is 13.3. The van der Waals surface area contributed by atoms with E-state index in [-0.39, 0.29) is 10.6 Å². The fourth-order valence-corrected chi connectivity index (χ4v) is 1.78. The summed E-state index contributed by atoms with van der Waals surface area (Å²) in [4.78, 5) is 0.849. The number of rotatable bonds is 2. The second-order valence-electron chi connectivity index (χ2n) is 2.69. The van der Waals surface area contributed by atoms with Crippen molar-refractivity contribution in [2.45, 2.75) is 17.9 Å². The first-order valence-electron chi connectivity index (χ1n) is 3.77. The summed E-state index contributed by atoms with van der Waals surface area (Å²) in [6.45, 7) is 1.51. The third-order valence-corrected chi connectivity index (χ3v) is 2.70. The van der Waals surface area contributed by atoms with Crippen molar-refractivity contribution in [3.63, 3.8) is 0 Å². The number of benzene rings is 1. The Labute approximate surface area is 85.9 Å². The van der Waals surface area contributed by atoms with Gasteiger partial charge in [0.1, 0.15) is 5.82 Å². The zero-order valence-electron chi connectivity index (χ0n) is 7.34. The van der Waals surface area contributed by atoms with Crippen LogP contribution in [0.3, 0.4) is 0 Å². The highest BCUT2D eigenvalue weighted by Gasteiger charge is 2.12. The third-order valence-electron chi connectivity index (χ3n) is 1.72. The van der Waals surface area contributed by atoms with E-state index in [4.69, 9.17) is 11.6 Å². The summed E-state index contributed by atoms with van der Waals surface area (Å²) in [6, 6.07) is 3.16. The van der Waals surface area contributed by atoms with Gasteiger partial charge in [-0.2, -0.15) is 0 Å². The molecule has 13 heavy (non-hydrogen) atoms. The molecule has 0 aromatic heterocycles. The molecule has 0 saturated heterocycles. The van der Waals surface area contributed by atoms with Gasteiger partial charge < -0.3 is 5.11 Å². The minimum atomic E-state index is -0.829. The smallest absolute Gasteiger partial charge is 0.147 e. The predicted molar refractivity (Wildman–Crippen MR) is 53.8 cm³/mol. The minimum Gasteiger partial charge on any atom is -0.389 e. The molecule has 0 aliphatic carbocycles. The van der Waals surface area contributed by atoms with Gasteiger partial charge in [-0.3, -0.25) is 0 Å². The van der Waals surface area contributed by atoms with E-state index in [1.165, 1.54) is 18.7 Å². The van der Waals surface area contributed by atoms with Gasteiger partial charge in [0, 0.05) is 10.5 Å². The Balaban J connectivity index is 3.25. The molecule has 1 atom stereocenters. The van der Waals surface area contributed by atoms with Crippen LogP contribution in [0.4, 0.5) is 4.39 Å². The van der Waals surface area contributed by atoms with Crippen molar-refractivity contribution in [2.75, 3.05) is 6.26 Å². The molecule has 0 aliphatic heterocycles. The molecule has 0 spiro atoms. The van der Waals surface area contributed by atoms with Crippen LogP contribution >= 0.6 is 23.4 Å². The fourth-order valence-electron chi connectivity index (χ4n) is 1.01. The Kier molecular flexibility index (Phi) is 3.59. The van der Waals surface area contributed by atoms with Gasteiger partial charge >= 0.3 is 0 Å². The molecule has 0 bridgehead atoms. The number of aliphatic hydroxyl groups is 1. The number of hydrogen-bond donors (Lipinski definition) is 1. The first kappa shape index (κ1) is 10.8. The average Bonchev–Trinajstić information content (AvgIpc) is 2.09. The van der Waals surface area contributed by atoms with E-state index in [0.717, 1.165) is 4.90 Å². The molecule has 1 aromatic rings. The van der Waals surface area contributed by atoms with Crippen LogP contribution in [0, 0.1) is 5.82 Å². The lowest BCUT2D eigenvalue weighted by Crippen LogP contribution is -1.96. The lowest BCUT2D eigenvalue weighted by molar-refractivity contribution is 0.194. The fraction of sp³-hybridized carbons (Fsp3) is 0.333. The number of halogens is 2. The molecule has 1 rings (SSSR count). The monoisotopic (exact) mass is 220 g/mol. The summed E-state index contributed by atoms with van der Waals surface area (Å²) in [5.74, 6) is -0.533. The maximum atomic E-state index is 13.3. The van der Waals surface area contributed by atoms with Gasteiger partial charge in [-0.15, -0.1) is 11.8 Å². The van der Waals surface area contributed by atoms with Crippen LogP contribution in [-0.2, 0) is 0 Å². The summed E-state index contributed by atoms with van der Waals surface area (Å²) in [5, 5.41) is 9.30. The third kappa shape index (κ3) is 2.36. The van der Waals surface area contributed by atoms with E-state index in [2.05, 4.69) is 0 Å². The topological polar surface area (TPSA) is 20.2 Å². The van der Waals surface area contributed by atoms with Crippen molar-refractivity contribution in [1.29, 1.82) is 0 Å². The van der Waals surface area contributed by atoms with E-state index >= 15 is 0 Å². The Morgan fingerprint density at radius 3 is 2.62 bits per heavy atom. The van der Waals surface area contributed by atoms with E-state index in [0.29, 0.717) is 0 Å². The van der Waals surface area contributed by atoms with Crippen molar-refractivity contribution in [3.8, 4) is 0 Å². The molecule has 0 fully saturated rings. The molecule has 0 amide bonds. The molecule has 0 radical (unpaired) electrons. The van der Waals surface area contributed by atoms with Crippen LogP contribution in [0.15, 0.2) is 17.0 Å². The first-order chi connectivity index (χ1) is 6.06. The van der Waals surface area contributed by atoms with Gasteiger partial charge in [0.05, 0.1) is 11.1 Å². The Morgan fingerprint density at radius 2 is 2.15 bits per heavy atom. The maximum Gasteiger partial charge on any atom is 0.147 e. The minimum absolute atomic E-state index is 0.0581. The Morgan fingerprint density at radius 1 is 1.54 bits per heavy atom. The molecule has 1 unspecified atom stereocenters. The van der Waals surface area contributed by atoms with Gasteiger partial charge in [-0.25, -0.2) is 4.39 Å². The Bertz CT molecular complexity index is 315. The van der Waals surface area contributed by atoms with E-state index in [1.54, 1.807) is 12.1 Å². The largest absolute Gasteiger partial charge is 0.389 e. The zero-order valence-corrected chi connectivity index (χ0v) is 8.92. The second-order valence-corrected chi connectivity index (χ2v) is 3.98. The lowest BCUT2D eigenvalue weighted by Gasteiger charge is -2.09. The van der Waals surface area contributed by atoms with Crippen LogP contribution in [0.5, 0.6) is 0 Å². The first-order valence-corrected chi connectivity index (χ1v) is 5.37. The van der Waals surface area contributed by atoms with E-state index in [9.17, 15) is 9.50 Å². The second kappa shape index (κ2) is 4.31. The SMILES string of the molecule is CSc1cc(Cl)c(F)c(C(C)O)c1. The predicted octanol–water partition coefficient (Wildman–Crippen LogP) is 3.25. The number of hydrogen-bond acceptors (Lipinski definition) is 2. The normalized spacial score (nSPS) is 13.0. The summed E-state index contributed by atoms with van der Waals surface area (Å²) in [7, 11) is 0. The Hall–Kier alpha value is -0.250. The van der Waals surface area contributed by atoms with Crippen molar-refractivity contribution >= 4 is 23.4 Å². The molecular formula is C9H10ClFOS. The summed E-state index contributed by atoms with van der Waals surface area (Å²) >= 11 is 7.10. The van der Waals surface area contributed by atoms with Crippen molar-refractivity contribution in [2.24, 2.45) is 0 Å². The van der Waals surface area contributed by atoms with Gasteiger partial charge in [0.2, 0.25) is 0 Å². The summed E-state index contributed by atoms with van der Waals surface area (Å²) in [5.41, 5.74) is 0.247. The zero-order chi connectivity index (χ0) is 10.0. The average molecular weight is 221 g/mol. The molecule has 0 saturated carbocycles.